The molecule has 0 aromatic heterocycles. The Morgan fingerprint density at radius 3 is 2.71 bits per heavy atom. The van der Waals surface area contributed by atoms with Gasteiger partial charge in [-0.2, -0.15) is 0 Å². The van der Waals surface area contributed by atoms with E-state index in [0.29, 0.717) is 6.61 Å². The molecule has 4 heteroatoms. The lowest BCUT2D eigenvalue weighted by Gasteiger charge is -2.15. The Kier molecular flexibility index (Phi) is 5.48. The van der Waals surface area contributed by atoms with Crippen LogP contribution in [0.3, 0.4) is 0 Å². The third kappa shape index (κ3) is 4.04. The maximum atomic E-state index is 11.4. The molecule has 1 unspecified atom stereocenters. The largest absolute Gasteiger partial charge is 0.479 e. The second kappa shape index (κ2) is 6.64. The Labute approximate surface area is 110 Å². The normalized spacial score (nSPS) is 12.0. The summed E-state index contributed by atoms with van der Waals surface area (Å²) in [4.78, 5) is 11.4. The molecule has 0 heterocycles. The molecule has 94 valence electrons. The average molecular weight is 301 g/mol. The molecule has 0 fully saturated rings. The molecule has 0 saturated heterocycles. The molecule has 0 N–H and O–H groups in total. The minimum atomic E-state index is -0.580. The van der Waals surface area contributed by atoms with Crippen LogP contribution < -0.4 is 4.74 Å². The number of halogens is 1. The number of rotatable bonds is 5. The highest BCUT2D eigenvalue weighted by atomic mass is 79.9. The van der Waals surface area contributed by atoms with Crippen molar-refractivity contribution in [3.8, 4) is 5.75 Å². The smallest absolute Gasteiger partial charge is 0.347 e. The van der Waals surface area contributed by atoms with Crippen LogP contribution in [0.2, 0.25) is 0 Å². The van der Waals surface area contributed by atoms with Gasteiger partial charge in [0.1, 0.15) is 5.75 Å². The first-order valence-corrected chi connectivity index (χ1v) is 6.69. The third-order valence-electron chi connectivity index (χ3n) is 2.32. The number of hydrogen-bond donors (Lipinski definition) is 0. The molecule has 0 saturated carbocycles. The minimum Gasteiger partial charge on any atom is -0.479 e. The van der Waals surface area contributed by atoms with Gasteiger partial charge in [-0.25, -0.2) is 4.79 Å². The summed E-state index contributed by atoms with van der Waals surface area (Å²) < 4.78 is 10.5. The van der Waals surface area contributed by atoms with Crippen molar-refractivity contribution in [2.45, 2.75) is 32.2 Å². The van der Waals surface area contributed by atoms with E-state index >= 15 is 0 Å². The van der Waals surface area contributed by atoms with E-state index in [9.17, 15) is 4.79 Å². The van der Waals surface area contributed by atoms with Gasteiger partial charge in [-0.05, 0) is 38.0 Å². The number of carbonyl (C=O) groups is 1. The first kappa shape index (κ1) is 14.0. The van der Waals surface area contributed by atoms with Gasteiger partial charge in [-0.1, -0.05) is 28.1 Å². The molecule has 1 aromatic rings. The van der Waals surface area contributed by atoms with E-state index in [0.717, 1.165) is 16.6 Å². The predicted molar refractivity (Wildman–Crippen MR) is 70.5 cm³/mol. The van der Waals surface area contributed by atoms with Gasteiger partial charge in [-0.3, -0.25) is 0 Å². The molecule has 1 atom stereocenters. The van der Waals surface area contributed by atoms with Gasteiger partial charge < -0.3 is 9.47 Å². The molecule has 0 amide bonds. The standard InChI is InChI=1S/C13H17BrO3/c1-4-16-13(15)10(3)17-12-6-5-11(8-14)7-9(12)2/h5-7,10H,4,8H2,1-3H3. The van der Waals surface area contributed by atoms with E-state index in [1.807, 2.05) is 25.1 Å². The molecule has 0 spiro atoms. The summed E-state index contributed by atoms with van der Waals surface area (Å²) in [5, 5.41) is 0.807. The van der Waals surface area contributed by atoms with Gasteiger partial charge in [0.2, 0.25) is 0 Å². The second-order valence-corrected chi connectivity index (χ2v) is 4.31. The monoisotopic (exact) mass is 300 g/mol. The van der Waals surface area contributed by atoms with Crippen LogP contribution in [0, 0.1) is 6.92 Å². The highest BCUT2D eigenvalue weighted by molar-refractivity contribution is 9.08. The molecule has 17 heavy (non-hydrogen) atoms. The highest BCUT2D eigenvalue weighted by Crippen LogP contribution is 2.21. The van der Waals surface area contributed by atoms with Gasteiger partial charge in [0.25, 0.3) is 0 Å². The van der Waals surface area contributed by atoms with Crippen molar-refractivity contribution < 1.29 is 14.3 Å². The highest BCUT2D eigenvalue weighted by Gasteiger charge is 2.16. The molecule has 1 rings (SSSR count). The summed E-state index contributed by atoms with van der Waals surface area (Å²) in [7, 11) is 0. The molecule has 0 bridgehead atoms. The number of benzene rings is 1. The number of alkyl halides is 1. The first-order valence-electron chi connectivity index (χ1n) is 5.57. The number of aryl methyl sites for hydroxylation is 1. The Balaban J connectivity index is 2.71. The van der Waals surface area contributed by atoms with E-state index in [1.54, 1.807) is 13.8 Å². The van der Waals surface area contributed by atoms with Crippen molar-refractivity contribution in [1.29, 1.82) is 0 Å². The van der Waals surface area contributed by atoms with Crippen molar-refractivity contribution in [3.63, 3.8) is 0 Å². The zero-order valence-corrected chi connectivity index (χ0v) is 11.9. The maximum Gasteiger partial charge on any atom is 0.347 e. The second-order valence-electron chi connectivity index (χ2n) is 3.75. The van der Waals surface area contributed by atoms with E-state index in [1.165, 1.54) is 5.56 Å². The minimum absolute atomic E-state index is 0.337. The number of carbonyl (C=O) groups excluding carboxylic acids is 1. The van der Waals surface area contributed by atoms with Crippen LogP contribution in [0.5, 0.6) is 5.75 Å². The van der Waals surface area contributed by atoms with Crippen LogP contribution in [0.1, 0.15) is 25.0 Å². The Hall–Kier alpha value is -1.03. The van der Waals surface area contributed by atoms with Crippen LogP contribution in [0.15, 0.2) is 18.2 Å². The molecule has 0 aliphatic rings. The van der Waals surface area contributed by atoms with E-state index in [2.05, 4.69) is 15.9 Å². The van der Waals surface area contributed by atoms with E-state index in [4.69, 9.17) is 9.47 Å². The van der Waals surface area contributed by atoms with Crippen LogP contribution in [0.25, 0.3) is 0 Å². The Bertz CT molecular complexity index is 390. The van der Waals surface area contributed by atoms with Crippen molar-refractivity contribution >= 4 is 21.9 Å². The molecular formula is C13H17BrO3. The van der Waals surface area contributed by atoms with Gasteiger partial charge in [0.15, 0.2) is 6.10 Å². The van der Waals surface area contributed by atoms with Crippen molar-refractivity contribution in [1.82, 2.24) is 0 Å². The van der Waals surface area contributed by atoms with Crippen LogP contribution in [-0.2, 0) is 14.9 Å². The van der Waals surface area contributed by atoms with Gasteiger partial charge in [0, 0.05) is 5.33 Å². The molecule has 0 radical (unpaired) electrons. The number of esters is 1. The summed E-state index contributed by atoms with van der Waals surface area (Å²) in [5.74, 6) is 0.381. The molecular weight excluding hydrogens is 284 g/mol. The van der Waals surface area contributed by atoms with Crippen molar-refractivity contribution in [2.24, 2.45) is 0 Å². The maximum absolute atomic E-state index is 11.4. The fourth-order valence-corrected chi connectivity index (χ4v) is 1.77. The van der Waals surface area contributed by atoms with Crippen molar-refractivity contribution in [3.05, 3.63) is 29.3 Å². The SMILES string of the molecule is CCOC(=O)C(C)Oc1ccc(CBr)cc1C. The quantitative estimate of drug-likeness (QED) is 0.619. The topological polar surface area (TPSA) is 35.5 Å². The first-order chi connectivity index (χ1) is 8.08. The molecule has 1 aromatic carbocycles. The van der Waals surface area contributed by atoms with Crippen LogP contribution >= 0.6 is 15.9 Å². The lowest BCUT2D eigenvalue weighted by molar-refractivity contribution is -0.150. The number of hydrogen-bond acceptors (Lipinski definition) is 3. The average Bonchev–Trinajstić information content (AvgIpc) is 2.31. The van der Waals surface area contributed by atoms with Crippen LogP contribution in [-0.4, -0.2) is 18.7 Å². The fraction of sp³-hybridized carbons (Fsp3) is 0.462. The summed E-state index contributed by atoms with van der Waals surface area (Å²) in [6.45, 7) is 5.80. The number of ether oxygens (including phenoxy) is 2. The fourth-order valence-electron chi connectivity index (χ4n) is 1.43. The summed E-state index contributed by atoms with van der Waals surface area (Å²) in [6, 6.07) is 5.87. The molecule has 3 nitrogen and oxygen atoms in total. The lowest BCUT2D eigenvalue weighted by Crippen LogP contribution is -2.26. The Morgan fingerprint density at radius 2 is 2.18 bits per heavy atom. The van der Waals surface area contributed by atoms with Gasteiger partial charge in [0.05, 0.1) is 6.61 Å². The van der Waals surface area contributed by atoms with E-state index < -0.39 is 6.10 Å². The van der Waals surface area contributed by atoms with Gasteiger partial charge >= 0.3 is 5.97 Å². The zero-order chi connectivity index (χ0) is 12.8. The third-order valence-corrected chi connectivity index (χ3v) is 2.96. The summed E-state index contributed by atoms with van der Waals surface area (Å²) >= 11 is 3.40. The van der Waals surface area contributed by atoms with Crippen LogP contribution in [0.4, 0.5) is 0 Å². The predicted octanol–water partition coefficient (Wildman–Crippen LogP) is 3.22. The Morgan fingerprint density at radius 1 is 1.47 bits per heavy atom. The molecule has 0 aliphatic heterocycles. The lowest BCUT2D eigenvalue weighted by atomic mass is 10.1. The summed E-state index contributed by atoms with van der Waals surface area (Å²) in [6.07, 6.45) is -0.580. The van der Waals surface area contributed by atoms with Crippen molar-refractivity contribution in [2.75, 3.05) is 6.61 Å². The van der Waals surface area contributed by atoms with Gasteiger partial charge in [-0.15, -0.1) is 0 Å². The zero-order valence-electron chi connectivity index (χ0n) is 10.3. The van der Waals surface area contributed by atoms with E-state index in [-0.39, 0.29) is 5.97 Å². The molecule has 0 aliphatic carbocycles. The summed E-state index contributed by atoms with van der Waals surface area (Å²) in [5.41, 5.74) is 2.19.